The first-order valence-electron chi connectivity index (χ1n) is 10.8. The molecule has 0 bridgehead atoms. The standard InChI is InChI=1S/C25H21ClN4O2S/c1-14-10-17(7-8-19(14)26)32-12-16-11-15(6-9-20(16)31-2)23-28-24-22-18-4-3-5-21(18)33-25(22)27-13-30(24)29-23/h6-11,13H,3-5,12H2,1-2H3. The highest BCUT2D eigenvalue weighted by Gasteiger charge is 2.22. The van der Waals surface area contributed by atoms with Crippen LogP contribution in [0.1, 0.15) is 28.0 Å². The van der Waals surface area contributed by atoms with Crippen LogP contribution in [0.25, 0.3) is 27.3 Å². The van der Waals surface area contributed by atoms with Gasteiger partial charge in [-0.05, 0) is 73.7 Å². The maximum Gasteiger partial charge on any atom is 0.182 e. The van der Waals surface area contributed by atoms with Crippen LogP contribution in [0.15, 0.2) is 42.7 Å². The van der Waals surface area contributed by atoms with Crippen LogP contribution in [0.3, 0.4) is 0 Å². The van der Waals surface area contributed by atoms with E-state index in [-0.39, 0.29) is 0 Å². The molecule has 0 amide bonds. The van der Waals surface area contributed by atoms with Crippen molar-refractivity contribution in [3.05, 3.63) is 69.3 Å². The normalized spacial score (nSPS) is 13.1. The Hall–Kier alpha value is -3.16. The summed E-state index contributed by atoms with van der Waals surface area (Å²) in [6.07, 6.45) is 5.19. The van der Waals surface area contributed by atoms with Crippen LogP contribution < -0.4 is 9.47 Å². The van der Waals surface area contributed by atoms with E-state index in [2.05, 4.69) is 4.98 Å². The third kappa shape index (κ3) is 3.52. The molecule has 3 heterocycles. The van der Waals surface area contributed by atoms with Gasteiger partial charge in [0.1, 0.15) is 29.3 Å². The highest BCUT2D eigenvalue weighted by molar-refractivity contribution is 7.19. The zero-order valence-corrected chi connectivity index (χ0v) is 19.8. The van der Waals surface area contributed by atoms with Gasteiger partial charge in [0, 0.05) is 21.0 Å². The Labute approximate surface area is 199 Å². The fraction of sp³-hybridized carbons (Fsp3) is 0.240. The van der Waals surface area contributed by atoms with Gasteiger partial charge in [-0.25, -0.2) is 14.5 Å². The molecule has 6 nitrogen and oxygen atoms in total. The molecule has 8 heteroatoms. The second-order valence-corrected chi connectivity index (χ2v) is 9.70. The van der Waals surface area contributed by atoms with Gasteiger partial charge in [0.25, 0.3) is 0 Å². The van der Waals surface area contributed by atoms with Crippen LogP contribution in [0.5, 0.6) is 11.5 Å². The number of halogens is 1. The lowest BCUT2D eigenvalue weighted by atomic mass is 10.1. The third-order valence-corrected chi connectivity index (χ3v) is 7.73. The summed E-state index contributed by atoms with van der Waals surface area (Å²) in [5.41, 5.74) is 5.07. The Balaban J connectivity index is 1.37. The largest absolute Gasteiger partial charge is 0.496 e. The number of hydrogen-bond acceptors (Lipinski definition) is 6. The first kappa shape index (κ1) is 20.4. The zero-order valence-electron chi connectivity index (χ0n) is 18.3. The molecule has 33 heavy (non-hydrogen) atoms. The van der Waals surface area contributed by atoms with Gasteiger partial charge >= 0.3 is 0 Å². The smallest absolute Gasteiger partial charge is 0.182 e. The average molecular weight is 477 g/mol. The predicted molar refractivity (Wildman–Crippen MR) is 131 cm³/mol. The topological polar surface area (TPSA) is 61.5 Å². The second kappa shape index (κ2) is 8.01. The number of thiophene rings is 1. The van der Waals surface area contributed by atoms with Crippen LogP contribution in [-0.2, 0) is 19.4 Å². The molecular formula is C25H21ClN4O2S. The Kier molecular flexibility index (Phi) is 4.96. The van der Waals surface area contributed by atoms with Gasteiger partial charge in [0.15, 0.2) is 11.5 Å². The van der Waals surface area contributed by atoms with Crippen LogP contribution in [0.4, 0.5) is 0 Å². The molecule has 2 aromatic carbocycles. The summed E-state index contributed by atoms with van der Waals surface area (Å²) in [7, 11) is 1.66. The number of methoxy groups -OCH3 is 1. The van der Waals surface area contributed by atoms with Crippen molar-refractivity contribution in [1.82, 2.24) is 19.6 Å². The maximum absolute atomic E-state index is 6.13. The number of ether oxygens (including phenoxy) is 2. The van der Waals surface area contributed by atoms with Gasteiger partial charge < -0.3 is 9.47 Å². The van der Waals surface area contributed by atoms with Crippen molar-refractivity contribution in [2.45, 2.75) is 32.8 Å². The number of fused-ring (bicyclic) bond motifs is 5. The Morgan fingerprint density at radius 1 is 1.15 bits per heavy atom. The molecule has 0 fully saturated rings. The van der Waals surface area contributed by atoms with Crippen molar-refractivity contribution in [1.29, 1.82) is 0 Å². The van der Waals surface area contributed by atoms with E-state index in [1.165, 1.54) is 16.9 Å². The van der Waals surface area contributed by atoms with E-state index in [4.69, 9.17) is 31.2 Å². The number of aromatic nitrogens is 4. The van der Waals surface area contributed by atoms with E-state index in [1.54, 1.807) is 29.3 Å². The Morgan fingerprint density at radius 3 is 2.91 bits per heavy atom. The summed E-state index contributed by atoms with van der Waals surface area (Å²) in [5, 5.41) is 6.60. The molecule has 0 aliphatic heterocycles. The van der Waals surface area contributed by atoms with Crippen LogP contribution in [0.2, 0.25) is 5.02 Å². The first-order valence-corrected chi connectivity index (χ1v) is 12.0. The predicted octanol–water partition coefficient (Wildman–Crippen LogP) is 6.04. The van der Waals surface area contributed by atoms with E-state index in [1.807, 2.05) is 43.3 Å². The average Bonchev–Trinajstić information content (AvgIpc) is 3.53. The number of rotatable bonds is 5. The minimum absolute atomic E-state index is 0.356. The lowest BCUT2D eigenvalue weighted by Crippen LogP contribution is -2.00. The van der Waals surface area contributed by atoms with Gasteiger partial charge in [-0.15, -0.1) is 16.4 Å². The van der Waals surface area contributed by atoms with Crippen molar-refractivity contribution in [3.63, 3.8) is 0 Å². The summed E-state index contributed by atoms with van der Waals surface area (Å²) in [5.74, 6) is 2.18. The van der Waals surface area contributed by atoms with Crippen molar-refractivity contribution in [2.75, 3.05) is 7.11 Å². The molecule has 0 unspecified atom stereocenters. The molecule has 1 aliphatic rings. The quantitative estimate of drug-likeness (QED) is 0.309. The SMILES string of the molecule is COc1ccc(-c2nc3c4c5c(sc4ncn3n2)CCC5)cc1COc1ccc(Cl)c(C)c1. The summed E-state index contributed by atoms with van der Waals surface area (Å²) < 4.78 is 13.4. The Bertz CT molecular complexity index is 1520. The summed E-state index contributed by atoms with van der Waals surface area (Å²) in [6.45, 7) is 2.31. The molecule has 5 aromatic rings. The fourth-order valence-corrected chi connectivity index (χ4v) is 5.75. The summed E-state index contributed by atoms with van der Waals surface area (Å²) in [6, 6.07) is 11.6. The fourth-order valence-electron chi connectivity index (χ4n) is 4.41. The minimum Gasteiger partial charge on any atom is -0.496 e. The molecule has 3 aromatic heterocycles. The maximum atomic E-state index is 6.13. The van der Waals surface area contributed by atoms with Crippen molar-refractivity contribution >= 4 is 38.8 Å². The monoisotopic (exact) mass is 476 g/mol. The molecule has 0 spiro atoms. The van der Waals surface area contributed by atoms with Gasteiger partial charge in [0.05, 0.1) is 12.5 Å². The lowest BCUT2D eigenvalue weighted by Gasteiger charge is -2.12. The third-order valence-electron chi connectivity index (χ3n) is 6.10. The molecule has 6 rings (SSSR count). The molecule has 0 N–H and O–H groups in total. The first-order chi connectivity index (χ1) is 16.1. The van der Waals surface area contributed by atoms with Gasteiger partial charge in [-0.3, -0.25) is 0 Å². The molecule has 166 valence electrons. The number of nitrogens with zero attached hydrogens (tertiary/aromatic N) is 4. The number of aryl methyl sites for hydroxylation is 3. The molecular weight excluding hydrogens is 456 g/mol. The van der Waals surface area contributed by atoms with Crippen LogP contribution in [-0.4, -0.2) is 26.7 Å². The van der Waals surface area contributed by atoms with E-state index < -0.39 is 0 Å². The molecule has 1 aliphatic carbocycles. The number of benzene rings is 2. The van der Waals surface area contributed by atoms with E-state index in [0.29, 0.717) is 12.4 Å². The van der Waals surface area contributed by atoms with Crippen LogP contribution in [0, 0.1) is 6.92 Å². The van der Waals surface area contributed by atoms with E-state index in [9.17, 15) is 0 Å². The van der Waals surface area contributed by atoms with E-state index in [0.717, 1.165) is 61.9 Å². The van der Waals surface area contributed by atoms with Gasteiger partial charge in [0.2, 0.25) is 0 Å². The highest BCUT2D eigenvalue weighted by Crippen LogP contribution is 2.38. The van der Waals surface area contributed by atoms with Crippen molar-refractivity contribution < 1.29 is 9.47 Å². The minimum atomic E-state index is 0.356. The van der Waals surface area contributed by atoms with E-state index >= 15 is 0 Å². The summed E-state index contributed by atoms with van der Waals surface area (Å²) in [4.78, 5) is 12.0. The molecule has 0 saturated heterocycles. The van der Waals surface area contributed by atoms with Gasteiger partial charge in [-0.1, -0.05) is 11.6 Å². The van der Waals surface area contributed by atoms with Crippen molar-refractivity contribution in [2.24, 2.45) is 0 Å². The molecule has 0 radical (unpaired) electrons. The summed E-state index contributed by atoms with van der Waals surface area (Å²) >= 11 is 7.92. The van der Waals surface area contributed by atoms with Crippen LogP contribution >= 0.6 is 22.9 Å². The highest BCUT2D eigenvalue weighted by atomic mass is 35.5. The van der Waals surface area contributed by atoms with Gasteiger partial charge in [-0.2, -0.15) is 0 Å². The zero-order chi connectivity index (χ0) is 22.5. The molecule has 0 saturated carbocycles. The Morgan fingerprint density at radius 2 is 2.06 bits per heavy atom. The molecule has 0 atom stereocenters. The van der Waals surface area contributed by atoms with Crippen molar-refractivity contribution in [3.8, 4) is 22.9 Å². The lowest BCUT2D eigenvalue weighted by molar-refractivity contribution is 0.296. The number of hydrogen-bond donors (Lipinski definition) is 0. The second-order valence-electron chi connectivity index (χ2n) is 8.21.